The Balaban J connectivity index is 1.57. The molecule has 1 saturated carbocycles. The minimum atomic E-state index is -3.91. The quantitative estimate of drug-likeness (QED) is 0.441. The zero-order valence-corrected chi connectivity index (χ0v) is 19.2. The molecule has 1 aromatic carbocycles. The first-order valence-electron chi connectivity index (χ1n) is 11.1. The van der Waals surface area contributed by atoms with Gasteiger partial charge in [-0.05, 0) is 38.3 Å². The highest BCUT2D eigenvalue weighted by atomic mass is 32.2. The summed E-state index contributed by atoms with van der Waals surface area (Å²) in [6.07, 6.45) is 9.90. The molecule has 0 amide bonds. The molecular formula is C23H32N2O5S. The average Bonchev–Trinajstić information content (AvgIpc) is 3.22. The van der Waals surface area contributed by atoms with Crippen LogP contribution >= 0.6 is 0 Å². The van der Waals surface area contributed by atoms with E-state index in [0.717, 1.165) is 30.7 Å². The molecule has 3 rings (SSSR count). The Bertz CT molecular complexity index is 947. The first-order valence-corrected chi connectivity index (χ1v) is 12.5. The van der Waals surface area contributed by atoms with Gasteiger partial charge in [-0.15, -0.1) is 0 Å². The summed E-state index contributed by atoms with van der Waals surface area (Å²) in [6, 6.07) is 6.42. The molecule has 8 heteroatoms. The standard InChI is InChI=1S/C23H32N2O5S/c1-17-11-13-21(14-12-17)31(27,28)29-16-22-24-23(30-25-22)20(15-18(2)26)10-6-9-19-7-4-3-5-8-19/h11-14,19-20H,3-10,15-16H2,1-2H3. The monoisotopic (exact) mass is 448 g/mol. The molecule has 170 valence electrons. The summed E-state index contributed by atoms with van der Waals surface area (Å²) in [7, 11) is -3.91. The molecule has 1 aromatic heterocycles. The molecule has 1 unspecified atom stereocenters. The van der Waals surface area contributed by atoms with Crippen LogP contribution in [0.3, 0.4) is 0 Å². The average molecular weight is 449 g/mol. The highest BCUT2D eigenvalue weighted by Gasteiger charge is 2.23. The van der Waals surface area contributed by atoms with E-state index in [2.05, 4.69) is 10.1 Å². The molecule has 0 N–H and O–H groups in total. The second-order valence-corrected chi connectivity index (χ2v) is 10.2. The van der Waals surface area contributed by atoms with Gasteiger partial charge in [0.25, 0.3) is 10.1 Å². The van der Waals surface area contributed by atoms with E-state index in [0.29, 0.717) is 12.3 Å². The number of hydrogen-bond donors (Lipinski definition) is 0. The summed E-state index contributed by atoms with van der Waals surface area (Å²) < 4.78 is 35.1. The van der Waals surface area contributed by atoms with Crippen LogP contribution in [0.2, 0.25) is 0 Å². The van der Waals surface area contributed by atoms with Crippen molar-refractivity contribution in [1.82, 2.24) is 10.1 Å². The number of nitrogens with zero attached hydrogens (tertiary/aromatic N) is 2. The van der Waals surface area contributed by atoms with Crippen LogP contribution in [-0.4, -0.2) is 24.3 Å². The number of aryl methyl sites for hydroxylation is 1. The van der Waals surface area contributed by atoms with Crippen LogP contribution in [0.4, 0.5) is 0 Å². The number of Topliss-reactive ketones (excluding diaryl/α,β-unsaturated/α-hetero) is 1. The minimum absolute atomic E-state index is 0.0700. The molecule has 0 aliphatic heterocycles. The predicted molar refractivity (Wildman–Crippen MR) is 116 cm³/mol. The van der Waals surface area contributed by atoms with Crippen LogP contribution in [-0.2, 0) is 25.7 Å². The molecule has 0 spiro atoms. The molecule has 2 aromatic rings. The minimum Gasteiger partial charge on any atom is -0.339 e. The molecule has 1 atom stereocenters. The Morgan fingerprint density at radius 3 is 2.58 bits per heavy atom. The van der Waals surface area contributed by atoms with Crippen molar-refractivity contribution in [1.29, 1.82) is 0 Å². The molecule has 0 saturated heterocycles. The van der Waals surface area contributed by atoms with Crippen LogP contribution in [0.25, 0.3) is 0 Å². The molecule has 7 nitrogen and oxygen atoms in total. The third kappa shape index (κ3) is 7.25. The normalized spacial score (nSPS) is 16.3. The first-order chi connectivity index (χ1) is 14.8. The van der Waals surface area contributed by atoms with E-state index in [1.807, 2.05) is 6.92 Å². The van der Waals surface area contributed by atoms with Gasteiger partial charge in [-0.3, -0.25) is 4.18 Å². The SMILES string of the molecule is CC(=O)CC(CCCC1CCCCC1)c1nc(COS(=O)(=O)c2ccc(C)cc2)no1. The van der Waals surface area contributed by atoms with Crippen molar-refractivity contribution in [3.8, 4) is 0 Å². The zero-order chi connectivity index (χ0) is 22.3. The van der Waals surface area contributed by atoms with Crippen LogP contribution in [0.1, 0.15) is 87.9 Å². The number of aromatic nitrogens is 2. The Kier molecular flexibility index (Phi) is 8.37. The first kappa shape index (κ1) is 23.6. The van der Waals surface area contributed by atoms with Crippen LogP contribution in [0.5, 0.6) is 0 Å². The predicted octanol–water partition coefficient (Wildman–Crippen LogP) is 5.10. The van der Waals surface area contributed by atoms with E-state index in [1.165, 1.54) is 44.2 Å². The van der Waals surface area contributed by atoms with Crippen molar-refractivity contribution >= 4 is 15.9 Å². The summed E-state index contributed by atoms with van der Waals surface area (Å²) >= 11 is 0. The molecule has 0 bridgehead atoms. The maximum absolute atomic E-state index is 12.3. The van der Waals surface area contributed by atoms with Gasteiger partial charge in [0.05, 0.1) is 4.90 Å². The van der Waals surface area contributed by atoms with Crippen molar-refractivity contribution in [3.05, 3.63) is 41.5 Å². The number of ketones is 1. The van der Waals surface area contributed by atoms with Crippen LogP contribution in [0.15, 0.2) is 33.7 Å². The highest BCUT2D eigenvalue weighted by Crippen LogP contribution is 2.31. The lowest BCUT2D eigenvalue weighted by Gasteiger charge is -2.22. The Morgan fingerprint density at radius 2 is 1.90 bits per heavy atom. The van der Waals surface area contributed by atoms with Crippen LogP contribution < -0.4 is 0 Å². The lowest BCUT2D eigenvalue weighted by molar-refractivity contribution is -0.117. The van der Waals surface area contributed by atoms with E-state index in [1.54, 1.807) is 19.1 Å². The second-order valence-electron chi connectivity index (χ2n) is 8.62. The summed E-state index contributed by atoms with van der Waals surface area (Å²) in [6.45, 7) is 3.13. The third-order valence-electron chi connectivity index (χ3n) is 5.91. The number of carbonyl (C=O) groups excluding carboxylic acids is 1. The van der Waals surface area contributed by atoms with Crippen LogP contribution in [0, 0.1) is 12.8 Å². The molecule has 1 fully saturated rings. The van der Waals surface area contributed by atoms with Gasteiger partial charge in [0, 0.05) is 12.3 Å². The molecule has 31 heavy (non-hydrogen) atoms. The van der Waals surface area contributed by atoms with Crippen molar-refractivity contribution in [2.45, 2.75) is 89.1 Å². The Morgan fingerprint density at radius 1 is 1.19 bits per heavy atom. The molecular weight excluding hydrogens is 416 g/mol. The van der Waals surface area contributed by atoms with Crippen molar-refractivity contribution in [3.63, 3.8) is 0 Å². The van der Waals surface area contributed by atoms with Gasteiger partial charge in [0.2, 0.25) is 5.89 Å². The smallest absolute Gasteiger partial charge is 0.297 e. The van der Waals surface area contributed by atoms with E-state index in [-0.39, 0.29) is 29.0 Å². The van der Waals surface area contributed by atoms with Gasteiger partial charge in [0.1, 0.15) is 12.4 Å². The summed E-state index contributed by atoms with van der Waals surface area (Å²) in [5, 5.41) is 3.87. The zero-order valence-electron chi connectivity index (χ0n) is 18.4. The fourth-order valence-corrected chi connectivity index (χ4v) is 5.05. The van der Waals surface area contributed by atoms with Gasteiger partial charge < -0.3 is 9.32 Å². The van der Waals surface area contributed by atoms with Gasteiger partial charge in [-0.1, -0.05) is 67.8 Å². The van der Waals surface area contributed by atoms with E-state index >= 15 is 0 Å². The lowest BCUT2D eigenvalue weighted by Crippen LogP contribution is -2.09. The fraction of sp³-hybridized carbons (Fsp3) is 0.609. The third-order valence-corrected chi connectivity index (χ3v) is 7.19. The topological polar surface area (TPSA) is 99.4 Å². The summed E-state index contributed by atoms with van der Waals surface area (Å²) in [5.74, 6) is 1.25. The van der Waals surface area contributed by atoms with E-state index in [4.69, 9.17) is 8.71 Å². The largest absolute Gasteiger partial charge is 0.339 e. The maximum atomic E-state index is 12.3. The van der Waals surface area contributed by atoms with Gasteiger partial charge in [-0.25, -0.2) is 0 Å². The molecule has 1 aliphatic rings. The fourth-order valence-electron chi connectivity index (χ4n) is 4.18. The highest BCUT2D eigenvalue weighted by molar-refractivity contribution is 7.86. The van der Waals surface area contributed by atoms with E-state index < -0.39 is 10.1 Å². The van der Waals surface area contributed by atoms with Crippen molar-refractivity contribution < 1.29 is 21.9 Å². The van der Waals surface area contributed by atoms with Gasteiger partial charge >= 0.3 is 0 Å². The lowest BCUT2D eigenvalue weighted by atomic mass is 9.84. The van der Waals surface area contributed by atoms with Crippen molar-refractivity contribution in [2.24, 2.45) is 5.92 Å². The number of carbonyl (C=O) groups is 1. The Hall–Kier alpha value is -2.06. The van der Waals surface area contributed by atoms with Gasteiger partial charge in [-0.2, -0.15) is 13.4 Å². The van der Waals surface area contributed by atoms with Gasteiger partial charge in [0.15, 0.2) is 5.82 Å². The molecule has 0 radical (unpaired) electrons. The second kappa shape index (κ2) is 11.0. The van der Waals surface area contributed by atoms with E-state index in [9.17, 15) is 13.2 Å². The summed E-state index contributed by atoms with van der Waals surface area (Å²) in [5.41, 5.74) is 0.960. The Labute approximate surface area is 184 Å². The maximum Gasteiger partial charge on any atom is 0.297 e. The number of hydrogen-bond acceptors (Lipinski definition) is 7. The molecule has 1 heterocycles. The van der Waals surface area contributed by atoms with Crippen molar-refractivity contribution in [2.75, 3.05) is 0 Å². The number of benzene rings is 1. The summed E-state index contributed by atoms with van der Waals surface area (Å²) in [4.78, 5) is 16.1. The molecule has 1 aliphatic carbocycles. The number of rotatable bonds is 11.